The third-order valence-corrected chi connectivity index (χ3v) is 5.60. The van der Waals surface area contributed by atoms with Crippen molar-refractivity contribution in [3.05, 3.63) is 48.5 Å². The number of ether oxygens (including phenoxy) is 3. The summed E-state index contributed by atoms with van der Waals surface area (Å²) in [5.41, 5.74) is 1.04. The van der Waals surface area contributed by atoms with E-state index >= 15 is 0 Å². The van der Waals surface area contributed by atoms with Crippen molar-refractivity contribution in [3.8, 4) is 22.6 Å². The number of unbranched alkanes of at least 4 members (excludes halogenated alkanes) is 1. The van der Waals surface area contributed by atoms with Gasteiger partial charge in [-0.2, -0.15) is 0 Å². The standard InChI is InChI=1S/C30H42N2O7/c1-21(2)17-19-37-25-15-8-6-12-22(25)23-13-7-9-16-26(23)38-20-27(33)32-24(28(34)35)14-10-11-18-31-29(36)39-30(3,4)5/h6-9,12-13,15-16,21,24H,10-11,14,17-20H2,1-5H3,(H,31,36)(H,32,33)(H,34,35)/t24-/m1/s1. The molecule has 0 saturated carbocycles. The normalized spacial score (nSPS) is 11.9. The molecule has 2 aromatic rings. The summed E-state index contributed by atoms with van der Waals surface area (Å²) >= 11 is 0. The predicted octanol–water partition coefficient (Wildman–Crippen LogP) is 5.42. The van der Waals surface area contributed by atoms with Gasteiger partial charge in [0, 0.05) is 17.7 Å². The van der Waals surface area contributed by atoms with Crippen LogP contribution in [0.3, 0.4) is 0 Å². The Morgan fingerprint density at radius 3 is 2.03 bits per heavy atom. The van der Waals surface area contributed by atoms with Crippen LogP contribution in [-0.4, -0.2) is 54.5 Å². The zero-order chi connectivity index (χ0) is 28.8. The lowest BCUT2D eigenvalue weighted by atomic mass is 10.0. The van der Waals surface area contributed by atoms with E-state index in [2.05, 4.69) is 24.5 Å². The van der Waals surface area contributed by atoms with Crippen LogP contribution >= 0.6 is 0 Å². The van der Waals surface area contributed by atoms with Gasteiger partial charge in [-0.15, -0.1) is 0 Å². The molecule has 0 heterocycles. The van der Waals surface area contributed by atoms with Crippen molar-refractivity contribution in [2.45, 2.75) is 71.9 Å². The summed E-state index contributed by atoms with van der Waals surface area (Å²) in [6.07, 6.45) is 1.66. The van der Waals surface area contributed by atoms with E-state index in [1.807, 2.05) is 42.5 Å². The molecule has 0 bridgehead atoms. The second kappa shape index (κ2) is 15.6. The molecule has 214 valence electrons. The van der Waals surface area contributed by atoms with Gasteiger partial charge in [0.1, 0.15) is 23.1 Å². The number of aliphatic carboxylic acids is 1. The van der Waals surface area contributed by atoms with E-state index in [0.717, 1.165) is 23.3 Å². The molecule has 0 unspecified atom stereocenters. The first-order valence-electron chi connectivity index (χ1n) is 13.4. The summed E-state index contributed by atoms with van der Waals surface area (Å²) in [7, 11) is 0. The lowest BCUT2D eigenvalue weighted by molar-refractivity contribution is -0.142. The third kappa shape index (κ3) is 12.1. The van der Waals surface area contributed by atoms with Crippen LogP contribution in [0.25, 0.3) is 11.1 Å². The van der Waals surface area contributed by atoms with Gasteiger partial charge in [-0.3, -0.25) is 4.79 Å². The van der Waals surface area contributed by atoms with Crippen LogP contribution < -0.4 is 20.1 Å². The molecule has 9 nitrogen and oxygen atoms in total. The van der Waals surface area contributed by atoms with Crippen molar-refractivity contribution < 1.29 is 33.7 Å². The largest absolute Gasteiger partial charge is 0.493 e. The summed E-state index contributed by atoms with van der Waals surface area (Å²) in [5, 5.41) is 14.7. The van der Waals surface area contributed by atoms with Gasteiger partial charge in [0.15, 0.2) is 6.61 Å². The molecular weight excluding hydrogens is 500 g/mol. The maximum atomic E-state index is 12.6. The van der Waals surface area contributed by atoms with Crippen molar-refractivity contribution in [1.29, 1.82) is 0 Å². The van der Waals surface area contributed by atoms with E-state index < -0.39 is 29.6 Å². The van der Waals surface area contributed by atoms with Crippen molar-refractivity contribution in [2.24, 2.45) is 5.92 Å². The molecule has 0 radical (unpaired) electrons. The fourth-order valence-corrected chi connectivity index (χ4v) is 3.65. The van der Waals surface area contributed by atoms with Crippen molar-refractivity contribution in [3.63, 3.8) is 0 Å². The molecule has 2 rings (SSSR count). The van der Waals surface area contributed by atoms with Crippen LogP contribution in [0.15, 0.2) is 48.5 Å². The second-order valence-electron chi connectivity index (χ2n) is 10.7. The Kier molecular flexibility index (Phi) is 12.6. The molecule has 39 heavy (non-hydrogen) atoms. The molecule has 0 aliphatic heterocycles. The molecule has 0 spiro atoms. The fourth-order valence-electron chi connectivity index (χ4n) is 3.65. The molecular formula is C30H42N2O7. The smallest absolute Gasteiger partial charge is 0.407 e. The van der Waals surface area contributed by atoms with Gasteiger partial charge in [-0.1, -0.05) is 50.2 Å². The van der Waals surface area contributed by atoms with E-state index in [-0.39, 0.29) is 13.0 Å². The van der Waals surface area contributed by atoms with Gasteiger partial charge in [0.2, 0.25) is 0 Å². The van der Waals surface area contributed by atoms with Crippen LogP contribution in [0.1, 0.15) is 60.3 Å². The Hall–Kier alpha value is -3.75. The minimum absolute atomic E-state index is 0.217. The van der Waals surface area contributed by atoms with Gasteiger partial charge < -0.3 is 30.0 Å². The lowest BCUT2D eigenvalue weighted by Gasteiger charge is -2.19. The number of para-hydroxylation sites is 2. The third-order valence-electron chi connectivity index (χ3n) is 5.60. The van der Waals surface area contributed by atoms with E-state index in [1.165, 1.54) is 0 Å². The van der Waals surface area contributed by atoms with Crippen LogP contribution in [0, 0.1) is 5.92 Å². The molecule has 0 fully saturated rings. The topological polar surface area (TPSA) is 123 Å². The van der Waals surface area contributed by atoms with E-state index in [1.54, 1.807) is 26.8 Å². The highest BCUT2D eigenvalue weighted by Crippen LogP contribution is 2.36. The van der Waals surface area contributed by atoms with Gasteiger partial charge >= 0.3 is 12.1 Å². The molecule has 9 heteroatoms. The maximum Gasteiger partial charge on any atom is 0.407 e. The average molecular weight is 543 g/mol. The Bertz CT molecular complexity index is 1080. The van der Waals surface area contributed by atoms with Crippen LogP contribution in [0.5, 0.6) is 11.5 Å². The minimum Gasteiger partial charge on any atom is -0.493 e. The lowest BCUT2D eigenvalue weighted by Crippen LogP contribution is -2.43. The van der Waals surface area contributed by atoms with Crippen molar-refractivity contribution in [1.82, 2.24) is 10.6 Å². The average Bonchev–Trinajstić information content (AvgIpc) is 2.85. The van der Waals surface area contributed by atoms with Gasteiger partial charge in [0.25, 0.3) is 5.91 Å². The molecule has 2 amide bonds. The molecule has 2 aromatic carbocycles. The van der Waals surface area contributed by atoms with E-state index in [0.29, 0.717) is 37.7 Å². The zero-order valence-corrected chi connectivity index (χ0v) is 23.6. The molecule has 0 aliphatic rings. The van der Waals surface area contributed by atoms with E-state index in [9.17, 15) is 19.5 Å². The Labute approximate surface area is 231 Å². The second-order valence-corrected chi connectivity index (χ2v) is 10.7. The number of carbonyl (C=O) groups is 3. The van der Waals surface area contributed by atoms with Crippen LogP contribution in [-0.2, 0) is 14.3 Å². The number of amides is 2. The number of alkyl carbamates (subject to hydrolysis) is 1. The van der Waals surface area contributed by atoms with Gasteiger partial charge in [-0.05, 0) is 64.5 Å². The molecule has 0 aromatic heterocycles. The number of carboxylic acid groups (broad SMARTS) is 1. The Morgan fingerprint density at radius 2 is 1.46 bits per heavy atom. The minimum atomic E-state index is -1.13. The molecule has 0 aliphatic carbocycles. The first-order chi connectivity index (χ1) is 18.5. The fraction of sp³-hybridized carbons (Fsp3) is 0.500. The van der Waals surface area contributed by atoms with Crippen LogP contribution in [0.4, 0.5) is 4.79 Å². The number of rotatable bonds is 15. The number of hydrogen-bond donors (Lipinski definition) is 3. The highest BCUT2D eigenvalue weighted by molar-refractivity contribution is 5.84. The van der Waals surface area contributed by atoms with Crippen molar-refractivity contribution >= 4 is 18.0 Å². The quantitative estimate of drug-likeness (QED) is 0.257. The highest BCUT2D eigenvalue weighted by Gasteiger charge is 2.21. The van der Waals surface area contributed by atoms with Gasteiger partial charge in [0.05, 0.1) is 6.61 Å². The molecule has 3 N–H and O–H groups in total. The maximum absolute atomic E-state index is 12.6. The molecule has 1 atom stereocenters. The molecule has 0 saturated heterocycles. The first kappa shape index (κ1) is 31.5. The monoisotopic (exact) mass is 542 g/mol. The highest BCUT2D eigenvalue weighted by atomic mass is 16.6. The predicted molar refractivity (Wildman–Crippen MR) is 150 cm³/mol. The summed E-state index contributed by atoms with van der Waals surface area (Å²) in [6, 6.07) is 13.9. The number of nitrogens with one attached hydrogen (secondary N) is 2. The SMILES string of the molecule is CC(C)CCOc1ccccc1-c1ccccc1OCC(=O)N[C@H](CCCCNC(=O)OC(C)(C)C)C(=O)O. The Morgan fingerprint density at radius 1 is 0.872 bits per heavy atom. The zero-order valence-electron chi connectivity index (χ0n) is 23.6. The van der Waals surface area contributed by atoms with Gasteiger partial charge in [-0.25, -0.2) is 9.59 Å². The Balaban J connectivity index is 1.90. The van der Waals surface area contributed by atoms with Crippen LogP contribution in [0.2, 0.25) is 0 Å². The first-order valence-corrected chi connectivity index (χ1v) is 13.4. The number of carboxylic acids is 1. The summed E-state index contributed by atoms with van der Waals surface area (Å²) in [5.74, 6) is 0.0788. The van der Waals surface area contributed by atoms with E-state index in [4.69, 9.17) is 14.2 Å². The number of carbonyl (C=O) groups excluding carboxylic acids is 2. The summed E-state index contributed by atoms with van der Waals surface area (Å²) in [4.78, 5) is 35.9. The summed E-state index contributed by atoms with van der Waals surface area (Å²) < 4.78 is 17.0. The summed E-state index contributed by atoms with van der Waals surface area (Å²) in [6.45, 7) is 10.2. The number of benzene rings is 2. The number of hydrogen-bond acceptors (Lipinski definition) is 6. The van der Waals surface area contributed by atoms with Crippen molar-refractivity contribution in [2.75, 3.05) is 19.8 Å².